The highest BCUT2D eigenvalue weighted by atomic mass is 32.2. The topological polar surface area (TPSA) is 79.6 Å². The minimum Gasteiger partial charge on any atom is -0.467 e. The summed E-state index contributed by atoms with van der Waals surface area (Å²) < 4.78 is 30.9. The Morgan fingerprint density at radius 2 is 1.92 bits per heavy atom. The fraction of sp³-hybridized carbons (Fsp3) is 0.353. The standard InChI is InChI=1S/C17H22N2O4S/c1-13(16-5-4-12-23-16)19(3)17(20)11-8-14-6-9-15(10-7-14)24(21,22)18-2/h4-7,9-10,12-13,18H,8,11H2,1-3H3. The van der Waals surface area contributed by atoms with E-state index in [0.717, 1.165) is 11.3 Å². The van der Waals surface area contributed by atoms with Crippen molar-refractivity contribution in [2.24, 2.45) is 0 Å². The predicted octanol–water partition coefficient (Wildman–Crippen LogP) is 2.34. The van der Waals surface area contributed by atoms with E-state index in [1.165, 1.54) is 7.05 Å². The average Bonchev–Trinajstić information content (AvgIpc) is 3.13. The van der Waals surface area contributed by atoms with E-state index in [1.54, 1.807) is 48.5 Å². The van der Waals surface area contributed by atoms with Gasteiger partial charge < -0.3 is 9.32 Å². The van der Waals surface area contributed by atoms with E-state index in [4.69, 9.17) is 4.42 Å². The number of hydrogen-bond donors (Lipinski definition) is 1. The minimum atomic E-state index is -3.43. The van der Waals surface area contributed by atoms with Gasteiger partial charge in [-0.15, -0.1) is 0 Å². The normalized spacial score (nSPS) is 12.8. The first-order chi connectivity index (χ1) is 11.3. The minimum absolute atomic E-state index is 0.00539. The van der Waals surface area contributed by atoms with Gasteiger partial charge in [-0.1, -0.05) is 12.1 Å². The summed E-state index contributed by atoms with van der Waals surface area (Å²) in [5, 5.41) is 0. The second kappa shape index (κ2) is 7.63. The summed E-state index contributed by atoms with van der Waals surface area (Å²) in [5.41, 5.74) is 0.914. The number of sulfonamides is 1. The first kappa shape index (κ1) is 18.2. The third-order valence-electron chi connectivity index (χ3n) is 4.06. The Morgan fingerprint density at radius 3 is 2.46 bits per heavy atom. The van der Waals surface area contributed by atoms with Crippen molar-refractivity contribution in [3.8, 4) is 0 Å². The van der Waals surface area contributed by atoms with Gasteiger partial charge in [-0.05, 0) is 50.2 Å². The van der Waals surface area contributed by atoms with E-state index in [2.05, 4.69) is 4.72 Å². The van der Waals surface area contributed by atoms with Crippen LogP contribution in [0.25, 0.3) is 0 Å². The number of rotatable bonds is 7. The molecule has 0 aliphatic carbocycles. The molecule has 0 spiro atoms. The number of carbonyl (C=O) groups excluding carboxylic acids is 1. The van der Waals surface area contributed by atoms with Gasteiger partial charge in [0.2, 0.25) is 15.9 Å². The molecule has 1 N–H and O–H groups in total. The number of nitrogens with zero attached hydrogens (tertiary/aromatic N) is 1. The van der Waals surface area contributed by atoms with E-state index in [9.17, 15) is 13.2 Å². The van der Waals surface area contributed by atoms with Gasteiger partial charge >= 0.3 is 0 Å². The van der Waals surface area contributed by atoms with Crippen LogP contribution in [0.1, 0.15) is 30.7 Å². The van der Waals surface area contributed by atoms with E-state index >= 15 is 0 Å². The second-order valence-electron chi connectivity index (χ2n) is 5.55. The van der Waals surface area contributed by atoms with Crippen LogP contribution >= 0.6 is 0 Å². The summed E-state index contributed by atoms with van der Waals surface area (Å²) in [6.07, 6.45) is 2.48. The van der Waals surface area contributed by atoms with Gasteiger partial charge in [0, 0.05) is 13.5 Å². The fourth-order valence-corrected chi connectivity index (χ4v) is 3.05. The van der Waals surface area contributed by atoms with E-state index in [-0.39, 0.29) is 16.8 Å². The molecule has 0 radical (unpaired) electrons. The summed E-state index contributed by atoms with van der Waals surface area (Å²) >= 11 is 0. The summed E-state index contributed by atoms with van der Waals surface area (Å²) in [7, 11) is -0.311. The molecule has 2 aromatic rings. The quantitative estimate of drug-likeness (QED) is 0.831. The van der Waals surface area contributed by atoms with Crippen LogP contribution in [0.15, 0.2) is 52.0 Å². The lowest BCUT2D eigenvalue weighted by Gasteiger charge is -2.23. The number of benzene rings is 1. The molecule has 1 heterocycles. The molecule has 7 heteroatoms. The molecule has 2 rings (SSSR count). The largest absolute Gasteiger partial charge is 0.467 e. The maximum absolute atomic E-state index is 12.3. The smallest absolute Gasteiger partial charge is 0.240 e. The average molecular weight is 350 g/mol. The van der Waals surface area contributed by atoms with Crippen LogP contribution in [-0.2, 0) is 21.2 Å². The van der Waals surface area contributed by atoms with E-state index in [0.29, 0.717) is 12.8 Å². The molecule has 130 valence electrons. The molecule has 1 aromatic heterocycles. The number of nitrogens with one attached hydrogen (secondary N) is 1. The van der Waals surface area contributed by atoms with Crippen molar-refractivity contribution < 1.29 is 17.6 Å². The Morgan fingerprint density at radius 1 is 1.25 bits per heavy atom. The van der Waals surface area contributed by atoms with Crippen LogP contribution in [0.5, 0.6) is 0 Å². The molecule has 24 heavy (non-hydrogen) atoms. The van der Waals surface area contributed by atoms with Crippen LogP contribution < -0.4 is 4.72 Å². The summed E-state index contributed by atoms with van der Waals surface area (Å²) in [6.45, 7) is 1.91. The molecule has 0 aliphatic heterocycles. The summed E-state index contributed by atoms with van der Waals surface area (Å²) in [4.78, 5) is 14.2. The van der Waals surface area contributed by atoms with Crippen LogP contribution in [0.4, 0.5) is 0 Å². The molecule has 1 unspecified atom stereocenters. The zero-order valence-corrected chi connectivity index (χ0v) is 14.8. The highest BCUT2D eigenvalue weighted by Crippen LogP contribution is 2.20. The molecule has 0 saturated carbocycles. The van der Waals surface area contributed by atoms with Gasteiger partial charge in [0.15, 0.2) is 0 Å². The molecule has 1 atom stereocenters. The SMILES string of the molecule is CNS(=O)(=O)c1ccc(CCC(=O)N(C)C(C)c2ccco2)cc1. The maximum atomic E-state index is 12.3. The van der Waals surface area contributed by atoms with E-state index < -0.39 is 10.0 Å². The lowest BCUT2D eigenvalue weighted by atomic mass is 10.1. The van der Waals surface area contributed by atoms with Gasteiger partial charge in [-0.25, -0.2) is 13.1 Å². The third-order valence-corrected chi connectivity index (χ3v) is 5.49. The van der Waals surface area contributed by atoms with Crippen molar-refractivity contribution in [3.05, 3.63) is 54.0 Å². The Balaban J connectivity index is 1.94. The predicted molar refractivity (Wildman–Crippen MR) is 90.9 cm³/mol. The Bertz CT molecular complexity index is 767. The number of carbonyl (C=O) groups is 1. The first-order valence-electron chi connectivity index (χ1n) is 7.66. The van der Waals surface area contributed by atoms with Crippen LogP contribution in [-0.4, -0.2) is 33.3 Å². The molecule has 0 aliphatic rings. The van der Waals surface area contributed by atoms with Crippen molar-refractivity contribution in [2.75, 3.05) is 14.1 Å². The van der Waals surface area contributed by atoms with Gasteiger partial charge in [-0.2, -0.15) is 0 Å². The van der Waals surface area contributed by atoms with Gasteiger partial charge in [0.25, 0.3) is 0 Å². The van der Waals surface area contributed by atoms with Gasteiger partial charge in [0.05, 0.1) is 17.2 Å². The molecular weight excluding hydrogens is 328 g/mol. The highest BCUT2D eigenvalue weighted by molar-refractivity contribution is 7.89. The van der Waals surface area contributed by atoms with Gasteiger partial charge in [0.1, 0.15) is 5.76 Å². The molecule has 1 amide bonds. The Hall–Kier alpha value is -2.12. The Labute approximate surface area is 142 Å². The lowest BCUT2D eigenvalue weighted by Crippen LogP contribution is -2.29. The number of amides is 1. The van der Waals surface area contributed by atoms with Crippen LogP contribution in [0, 0.1) is 0 Å². The molecule has 0 bridgehead atoms. The van der Waals surface area contributed by atoms with Crippen molar-refractivity contribution in [1.82, 2.24) is 9.62 Å². The molecule has 0 saturated heterocycles. The van der Waals surface area contributed by atoms with Crippen molar-refractivity contribution in [1.29, 1.82) is 0 Å². The van der Waals surface area contributed by atoms with Crippen molar-refractivity contribution in [2.45, 2.75) is 30.7 Å². The molecule has 6 nitrogen and oxygen atoms in total. The number of furan rings is 1. The van der Waals surface area contributed by atoms with Crippen LogP contribution in [0.2, 0.25) is 0 Å². The second-order valence-corrected chi connectivity index (χ2v) is 7.43. The van der Waals surface area contributed by atoms with E-state index in [1.807, 2.05) is 13.0 Å². The van der Waals surface area contributed by atoms with Crippen molar-refractivity contribution >= 4 is 15.9 Å². The molecule has 0 fully saturated rings. The summed E-state index contributed by atoms with van der Waals surface area (Å²) in [5.74, 6) is 0.748. The maximum Gasteiger partial charge on any atom is 0.240 e. The summed E-state index contributed by atoms with van der Waals surface area (Å²) in [6, 6.07) is 10.1. The fourth-order valence-electron chi connectivity index (χ4n) is 2.32. The monoisotopic (exact) mass is 350 g/mol. The van der Waals surface area contributed by atoms with Crippen molar-refractivity contribution in [3.63, 3.8) is 0 Å². The number of hydrogen-bond acceptors (Lipinski definition) is 4. The highest BCUT2D eigenvalue weighted by Gasteiger charge is 2.19. The Kier molecular flexibility index (Phi) is 5.80. The number of aryl methyl sites for hydroxylation is 1. The molecule has 1 aromatic carbocycles. The zero-order chi connectivity index (χ0) is 17.7. The zero-order valence-electron chi connectivity index (χ0n) is 14.0. The first-order valence-corrected chi connectivity index (χ1v) is 9.15. The lowest BCUT2D eigenvalue weighted by molar-refractivity contribution is -0.132. The van der Waals surface area contributed by atoms with Crippen LogP contribution in [0.3, 0.4) is 0 Å². The third kappa shape index (κ3) is 4.24. The van der Waals surface area contributed by atoms with Gasteiger partial charge in [-0.3, -0.25) is 4.79 Å². The molecular formula is C17H22N2O4S.